The number of methoxy groups -OCH3 is 1. The van der Waals surface area contributed by atoms with E-state index >= 15 is 0 Å². The van der Waals surface area contributed by atoms with Crippen molar-refractivity contribution in [3.63, 3.8) is 0 Å². The third-order valence-corrected chi connectivity index (χ3v) is 7.20. The van der Waals surface area contributed by atoms with Crippen LogP contribution in [-0.2, 0) is 13.0 Å². The Bertz CT molecular complexity index is 1150. The number of aromatic nitrogens is 2. The molecule has 2 atom stereocenters. The molecule has 3 heterocycles. The van der Waals surface area contributed by atoms with Gasteiger partial charge in [0.2, 0.25) is 0 Å². The lowest BCUT2D eigenvalue weighted by molar-refractivity contribution is 0.303. The zero-order valence-corrected chi connectivity index (χ0v) is 16.6. The predicted molar refractivity (Wildman–Crippen MR) is 111 cm³/mol. The van der Waals surface area contributed by atoms with Gasteiger partial charge in [-0.25, -0.2) is 4.79 Å². The Kier molecular flexibility index (Phi) is 4.36. The Morgan fingerprint density at radius 3 is 2.96 bits per heavy atom. The largest absolute Gasteiger partial charge is 0.496 e. The minimum atomic E-state index is -0.317. The number of H-pyrrole nitrogens is 1. The van der Waals surface area contributed by atoms with E-state index in [9.17, 15) is 9.59 Å². The Hall–Kier alpha value is -2.38. The molecule has 6 nitrogen and oxygen atoms in total. The van der Waals surface area contributed by atoms with Crippen LogP contribution in [0.1, 0.15) is 23.5 Å². The van der Waals surface area contributed by atoms with E-state index < -0.39 is 0 Å². The van der Waals surface area contributed by atoms with Crippen molar-refractivity contribution >= 4 is 21.6 Å². The summed E-state index contributed by atoms with van der Waals surface area (Å²) in [7, 11) is 1.74. The molecule has 1 aliphatic carbocycles. The molecule has 2 unspecified atom stereocenters. The highest BCUT2D eigenvalue weighted by Crippen LogP contribution is 2.43. The predicted octanol–water partition coefficient (Wildman–Crippen LogP) is 2.42. The molecule has 146 valence electrons. The van der Waals surface area contributed by atoms with E-state index in [2.05, 4.69) is 22.0 Å². The molecule has 5 rings (SSSR count). The van der Waals surface area contributed by atoms with Gasteiger partial charge in [0, 0.05) is 32.1 Å². The number of hydrogen-bond donors (Lipinski definition) is 1. The summed E-state index contributed by atoms with van der Waals surface area (Å²) in [6.45, 7) is 3.13. The normalized spacial score (nSPS) is 21.6. The number of likely N-dealkylation sites (tertiary alicyclic amines) is 1. The molecule has 1 saturated heterocycles. The van der Waals surface area contributed by atoms with Gasteiger partial charge in [-0.1, -0.05) is 12.1 Å². The van der Waals surface area contributed by atoms with E-state index in [0.717, 1.165) is 31.7 Å². The third-order valence-electron chi connectivity index (χ3n) is 6.30. The molecule has 1 aliphatic heterocycles. The van der Waals surface area contributed by atoms with E-state index in [1.54, 1.807) is 13.2 Å². The fourth-order valence-corrected chi connectivity index (χ4v) is 5.72. The topological polar surface area (TPSA) is 67.3 Å². The van der Waals surface area contributed by atoms with Crippen molar-refractivity contribution in [3.05, 3.63) is 61.6 Å². The summed E-state index contributed by atoms with van der Waals surface area (Å²) < 4.78 is 7.53. The molecular formula is C21H23N3O3S. The summed E-state index contributed by atoms with van der Waals surface area (Å²) in [6.07, 6.45) is 2.22. The van der Waals surface area contributed by atoms with E-state index in [0.29, 0.717) is 35.1 Å². The summed E-state index contributed by atoms with van der Waals surface area (Å²) in [6, 6.07) is 8.14. The van der Waals surface area contributed by atoms with Gasteiger partial charge in [-0.15, -0.1) is 11.3 Å². The van der Waals surface area contributed by atoms with Crippen LogP contribution in [0.25, 0.3) is 10.2 Å². The van der Waals surface area contributed by atoms with Crippen LogP contribution in [-0.4, -0.2) is 41.2 Å². The molecule has 2 aromatic heterocycles. The lowest BCUT2D eigenvalue weighted by Crippen LogP contribution is -2.38. The molecule has 1 N–H and O–H groups in total. The first-order valence-electron chi connectivity index (χ1n) is 9.74. The highest BCUT2D eigenvalue weighted by molar-refractivity contribution is 7.17. The maximum Gasteiger partial charge on any atom is 0.328 e. The molecular weight excluding hydrogens is 374 g/mol. The van der Waals surface area contributed by atoms with Crippen LogP contribution >= 0.6 is 11.3 Å². The fourth-order valence-electron chi connectivity index (χ4n) is 4.92. The van der Waals surface area contributed by atoms with Crippen molar-refractivity contribution in [1.29, 1.82) is 0 Å². The van der Waals surface area contributed by atoms with Gasteiger partial charge in [-0.05, 0) is 47.4 Å². The highest BCUT2D eigenvalue weighted by Gasteiger charge is 2.38. The number of ether oxygens (including phenoxy) is 1. The van der Waals surface area contributed by atoms with Crippen LogP contribution in [0.15, 0.2) is 39.2 Å². The molecule has 1 fully saturated rings. The summed E-state index contributed by atoms with van der Waals surface area (Å²) >= 11 is 1.38. The number of nitrogens with one attached hydrogen (secondary N) is 1. The van der Waals surface area contributed by atoms with Crippen molar-refractivity contribution in [2.75, 3.05) is 26.7 Å². The number of rotatable bonds is 4. The summed E-state index contributed by atoms with van der Waals surface area (Å²) in [4.78, 5) is 30.2. The number of fused-ring (bicyclic) bond motifs is 4. The molecule has 0 saturated carbocycles. The monoisotopic (exact) mass is 397 g/mol. The van der Waals surface area contributed by atoms with Gasteiger partial charge >= 0.3 is 5.69 Å². The summed E-state index contributed by atoms with van der Waals surface area (Å²) in [5.74, 6) is 2.14. The zero-order valence-electron chi connectivity index (χ0n) is 15.8. The maximum absolute atomic E-state index is 12.6. The van der Waals surface area contributed by atoms with Crippen LogP contribution in [0.3, 0.4) is 0 Å². The van der Waals surface area contributed by atoms with Crippen LogP contribution < -0.4 is 16.0 Å². The van der Waals surface area contributed by atoms with E-state index in [4.69, 9.17) is 4.74 Å². The second-order valence-electron chi connectivity index (χ2n) is 7.74. The van der Waals surface area contributed by atoms with Crippen molar-refractivity contribution in [2.24, 2.45) is 5.92 Å². The van der Waals surface area contributed by atoms with Gasteiger partial charge in [-0.3, -0.25) is 9.36 Å². The second kappa shape index (κ2) is 6.90. The smallest absolute Gasteiger partial charge is 0.328 e. The third kappa shape index (κ3) is 2.81. The first-order chi connectivity index (χ1) is 13.7. The number of thiophene rings is 1. The van der Waals surface area contributed by atoms with Gasteiger partial charge < -0.3 is 14.6 Å². The molecule has 3 aromatic rings. The van der Waals surface area contributed by atoms with Gasteiger partial charge in [0.1, 0.15) is 10.4 Å². The lowest BCUT2D eigenvalue weighted by atomic mass is 9.77. The minimum absolute atomic E-state index is 0.180. The molecule has 1 aromatic carbocycles. The van der Waals surface area contributed by atoms with Gasteiger partial charge in [0.05, 0.1) is 12.6 Å². The average Bonchev–Trinajstić information content (AvgIpc) is 3.33. The Morgan fingerprint density at radius 1 is 1.21 bits per heavy atom. The van der Waals surface area contributed by atoms with Crippen molar-refractivity contribution in [1.82, 2.24) is 14.5 Å². The summed E-state index contributed by atoms with van der Waals surface area (Å²) in [5.41, 5.74) is 2.90. The molecule has 2 aliphatic rings. The van der Waals surface area contributed by atoms with Crippen molar-refractivity contribution < 1.29 is 4.74 Å². The van der Waals surface area contributed by atoms with Gasteiger partial charge in [-0.2, -0.15) is 0 Å². The maximum atomic E-state index is 12.6. The second-order valence-corrected chi connectivity index (χ2v) is 8.66. The number of benzene rings is 1. The molecule has 0 radical (unpaired) electrons. The first-order valence-corrected chi connectivity index (χ1v) is 10.6. The number of hydrogen-bond acceptors (Lipinski definition) is 5. The van der Waals surface area contributed by atoms with E-state index in [1.165, 1.54) is 27.0 Å². The quantitative estimate of drug-likeness (QED) is 0.734. The van der Waals surface area contributed by atoms with Crippen LogP contribution in [0.5, 0.6) is 5.75 Å². The molecule has 0 spiro atoms. The Balaban J connectivity index is 1.35. The van der Waals surface area contributed by atoms with E-state index in [-0.39, 0.29) is 11.2 Å². The lowest BCUT2D eigenvalue weighted by Gasteiger charge is -2.28. The first kappa shape index (κ1) is 17.7. The molecule has 0 bridgehead atoms. The molecule has 0 amide bonds. The average molecular weight is 398 g/mol. The van der Waals surface area contributed by atoms with E-state index in [1.807, 2.05) is 11.4 Å². The van der Waals surface area contributed by atoms with Gasteiger partial charge in [0.25, 0.3) is 5.56 Å². The SMILES string of the molecule is COc1cccc2c1CCC1CN(CCn3c(=O)[nH]c4ccsc4c3=O)CC21. The summed E-state index contributed by atoms with van der Waals surface area (Å²) in [5, 5.41) is 1.84. The Morgan fingerprint density at radius 2 is 2.11 bits per heavy atom. The Labute approximate surface area is 166 Å². The van der Waals surface area contributed by atoms with Crippen LogP contribution in [0.2, 0.25) is 0 Å². The molecule has 28 heavy (non-hydrogen) atoms. The highest BCUT2D eigenvalue weighted by atomic mass is 32.1. The van der Waals surface area contributed by atoms with Gasteiger partial charge in [0.15, 0.2) is 0 Å². The standard InChI is InChI=1S/C21H23N3O3S/c1-27-18-4-2-3-14-15(18)6-5-13-11-23(12-16(13)14)8-9-24-20(25)19-17(7-10-28-19)22-21(24)26/h2-4,7,10,13,16H,5-6,8-9,11-12H2,1H3,(H,22,26). The zero-order chi connectivity index (χ0) is 19.3. The number of aromatic amines is 1. The molecule has 7 heteroatoms. The number of nitrogens with zero attached hydrogens (tertiary/aromatic N) is 2. The van der Waals surface area contributed by atoms with Crippen molar-refractivity contribution in [2.45, 2.75) is 25.3 Å². The van der Waals surface area contributed by atoms with Crippen LogP contribution in [0.4, 0.5) is 0 Å². The minimum Gasteiger partial charge on any atom is -0.496 e. The fraction of sp³-hybridized carbons (Fsp3) is 0.429. The van der Waals surface area contributed by atoms with Crippen molar-refractivity contribution in [3.8, 4) is 5.75 Å². The van der Waals surface area contributed by atoms with Crippen LogP contribution in [0, 0.1) is 5.92 Å².